The van der Waals surface area contributed by atoms with Gasteiger partial charge in [-0.15, -0.1) is 0 Å². The number of aromatic nitrogens is 1. The summed E-state index contributed by atoms with van der Waals surface area (Å²) in [7, 11) is 0. The average Bonchev–Trinajstić information content (AvgIpc) is 3.40. The molecule has 1 unspecified atom stereocenters. The summed E-state index contributed by atoms with van der Waals surface area (Å²) in [5.74, 6) is -0.374. The molecule has 0 radical (unpaired) electrons. The van der Waals surface area contributed by atoms with E-state index >= 15 is 0 Å². The second kappa shape index (κ2) is 8.45. The van der Waals surface area contributed by atoms with Crippen LogP contribution in [-0.2, 0) is 4.79 Å². The lowest BCUT2D eigenvalue weighted by molar-refractivity contribution is -0.110. The molecule has 3 heterocycles. The maximum atomic E-state index is 12.8. The molecule has 158 valence electrons. The zero-order valence-corrected chi connectivity index (χ0v) is 17.4. The zero-order chi connectivity index (χ0) is 21.3. The number of aliphatic hydroxyl groups excluding tert-OH is 1. The van der Waals surface area contributed by atoms with Gasteiger partial charge in [-0.25, -0.2) is 0 Å². The number of carbonyl (C=O) groups is 2. The van der Waals surface area contributed by atoms with Gasteiger partial charge in [-0.1, -0.05) is 18.2 Å². The molecule has 1 atom stereocenters. The predicted octanol–water partition coefficient (Wildman–Crippen LogP) is 2.31. The molecule has 1 aromatic heterocycles. The molecule has 2 amide bonds. The fraction of sp³-hybridized carbons (Fsp3) is 0.391. The molecule has 0 spiro atoms. The SMILES string of the molecule is Cc1[nH]c(/C=C2\C(=O)Nc3ccccc32)c(C)c1C(=O)NCC(O)CN1CCCC1. The molecule has 2 aliphatic rings. The van der Waals surface area contributed by atoms with Crippen molar-refractivity contribution in [3.05, 3.63) is 52.3 Å². The Morgan fingerprint density at radius 3 is 2.77 bits per heavy atom. The van der Waals surface area contributed by atoms with Gasteiger partial charge in [0.25, 0.3) is 11.8 Å². The molecular weight excluding hydrogens is 380 g/mol. The summed E-state index contributed by atoms with van der Waals surface area (Å²) in [5, 5.41) is 16.0. The molecule has 0 bridgehead atoms. The van der Waals surface area contributed by atoms with Crippen LogP contribution >= 0.6 is 0 Å². The lowest BCUT2D eigenvalue weighted by atomic mass is 10.0. The standard InChI is InChI=1S/C23H28N4O3/c1-14-20(11-18-17-7-3-4-8-19(17)26-22(18)29)25-15(2)21(14)23(30)24-12-16(28)13-27-9-5-6-10-27/h3-4,7-8,11,16,25,28H,5-6,9-10,12-13H2,1-2H3,(H,24,30)(H,26,29)/b18-11-. The lowest BCUT2D eigenvalue weighted by Crippen LogP contribution is -2.39. The number of anilines is 1. The third kappa shape index (κ3) is 4.04. The van der Waals surface area contributed by atoms with E-state index in [1.165, 1.54) is 12.8 Å². The van der Waals surface area contributed by atoms with Gasteiger partial charge in [-0.3, -0.25) is 9.59 Å². The Bertz CT molecular complexity index is 1000. The van der Waals surface area contributed by atoms with E-state index in [1.807, 2.05) is 38.1 Å². The molecule has 2 aromatic rings. The number of hydrogen-bond donors (Lipinski definition) is 4. The molecule has 0 aliphatic carbocycles. The highest BCUT2D eigenvalue weighted by Gasteiger charge is 2.25. The van der Waals surface area contributed by atoms with E-state index in [-0.39, 0.29) is 18.4 Å². The first-order valence-electron chi connectivity index (χ1n) is 10.4. The van der Waals surface area contributed by atoms with Crippen LogP contribution in [-0.4, -0.2) is 59.1 Å². The number of fused-ring (bicyclic) bond motifs is 1. The van der Waals surface area contributed by atoms with Crippen molar-refractivity contribution in [2.45, 2.75) is 32.8 Å². The number of para-hydroxylation sites is 1. The Morgan fingerprint density at radius 2 is 2.00 bits per heavy atom. The Hall–Kier alpha value is -2.90. The Morgan fingerprint density at radius 1 is 1.27 bits per heavy atom. The van der Waals surface area contributed by atoms with E-state index in [0.29, 0.717) is 17.7 Å². The van der Waals surface area contributed by atoms with E-state index in [0.717, 1.165) is 41.3 Å². The van der Waals surface area contributed by atoms with E-state index in [2.05, 4.69) is 20.5 Å². The van der Waals surface area contributed by atoms with Crippen molar-refractivity contribution in [2.24, 2.45) is 0 Å². The number of nitrogens with zero attached hydrogens (tertiary/aromatic N) is 1. The van der Waals surface area contributed by atoms with Crippen LogP contribution in [0.2, 0.25) is 0 Å². The molecule has 4 rings (SSSR count). The average molecular weight is 409 g/mol. The summed E-state index contributed by atoms with van der Waals surface area (Å²) in [5.41, 5.74) is 5.02. The summed E-state index contributed by atoms with van der Waals surface area (Å²) in [6, 6.07) is 7.55. The first-order valence-corrected chi connectivity index (χ1v) is 10.4. The van der Waals surface area contributed by atoms with Gasteiger partial charge in [0, 0.05) is 35.7 Å². The molecule has 1 fully saturated rings. The minimum atomic E-state index is -0.591. The number of rotatable bonds is 6. The lowest BCUT2D eigenvalue weighted by Gasteiger charge is -2.19. The minimum absolute atomic E-state index is 0.154. The number of benzene rings is 1. The Labute approximate surface area is 176 Å². The van der Waals surface area contributed by atoms with Crippen molar-refractivity contribution in [3.8, 4) is 0 Å². The highest BCUT2D eigenvalue weighted by Crippen LogP contribution is 2.33. The van der Waals surface area contributed by atoms with Gasteiger partial charge in [0.05, 0.1) is 17.2 Å². The van der Waals surface area contributed by atoms with Crippen LogP contribution in [0.3, 0.4) is 0 Å². The van der Waals surface area contributed by atoms with Gasteiger partial charge in [0.1, 0.15) is 0 Å². The van der Waals surface area contributed by atoms with E-state index in [4.69, 9.17) is 0 Å². The molecule has 7 heteroatoms. The number of carbonyl (C=O) groups excluding carboxylic acids is 2. The maximum absolute atomic E-state index is 12.8. The number of aryl methyl sites for hydroxylation is 1. The molecule has 2 aliphatic heterocycles. The van der Waals surface area contributed by atoms with Gasteiger partial charge in [0.2, 0.25) is 0 Å². The maximum Gasteiger partial charge on any atom is 0.256 e. The van der Waals surface area contributed by atoms with Crippen LogP contribution in [0.1, 0.15) is 45.7 Å². The number of H-pyrrole nitrogens is 1. The first kappa shape index (κ1) is 20.4. The van der Waals surface area contributed by atoms with Crippen molar-refractivity contribution >= 4 is 29.2 Å². The summed E-state index contributed by atoms with van der Waals surface area (Å²) in [6.07, 6.45) is 3.54. The number of amides is 2. The molecule has 1 saturated heterocycles. The third-order valence-corrected chi connectivity index (χ3v) is 5.87. The smallest absolute Gasteiger partial charge is 0.256 e. The largest absolute Gasteiger partial charge is 0.390 e. The van der Waals surface area contributed by atoms with Crippen LogP contribution < -0.4 is 10.6 Å². The topological polar surface area (TPSA) is 97.5 Å². The number of nitrogens with one attached hydrogen (secondary N) is 3. The van der Waals surface area contributed by atoms with E-state index in [1.54, 1.807) is 6.08 Å². The summed E-state index contributed by atoms with van der Waals surface area (Å²) in [6.45, 7) is 6.52. The minimum Gasteiger partial charge on any atom is -0.390 e. The van der Waals surface area contributed by atoms with Crippen LogP contribution in [0, 0.1) is 13.8 Å². The van der Waals surface area contributed by atoms with Crippen LogP contribution in [0.4, 0.5) is 5.69 Å². The van der Waals surface area contributed by atoms with Gasteiger partial charge >= 0.3 is 0 Å². The predicted molar refractivity (Wildman–Crippen MR) is 117 cm³/mol. The fourth-order valence-corrected chi connectivity index (χ4v) is 4.31. The summed E-state index contributed by atoms with van der Waals surface area (Å²) in [4.78, 5) is 30.6. The zero-order valence-electron chi connectivity index (χ0n) is 17.4. The molecule has 1 aromatic carbocycles. The van der Waals surface area contributed by atoms with Gasteiger partial charge in [0.15, 0.2) is 0 Å². The van der Waals surface area contributed by atoms with Crippen LogP contribution in [0.15, 0.2) is 24.3 Å². The number of aromatic amines is 1. The van der Waals surface area contributed by atoms with Crippen LogP contribution in [0.5, 0.6) is 0 Å². The molecule has 0 saturated carbocycles. The van der Waals surface area contributed by atoms with E-state index < -0.39 is 6.10 Å². The van der Waals surface area contributed by atoms with Crippen molar-refractivity contribution in [3.63, 3.8) is 0 Å². The number of aliphatic hydroxyl groups is 1. The van der Waals surface area contributed by atoms with Crippen molar-refractivity contribution in [1.29, 1.82) is 0 Å². The highest BCUT2D eigenvalue weighted by atomic mass is 16.3. The van der Waals surface area contributed by atoms with Crippen molar-refractivity contribution in [2.75, 3.05) is 31.5 Å². The van der Waals surface area contributed by atoms with Crippen molar-refractivity contribution in [1.82, 2.24) is 15.2 Å². The monoisotopic (exact) mass is 408 g/mol. The normalized spacial score (nSPS) is 18.5. The van der Waals surface area contributed by atoms with E-state index in [9.17, 15) is 14.7 Å². The first-order chi connectivity index (χ1) is 14.4. The third-order valence-electron chi connectivity index (χ3n) is 5.87. The highest BCUT2D eigenvalue weighted by molar-refractivity contribution is 6.34. The van der Waals surface area contributed by atoms with Crippen molar-refractivity contribution < 1.29 is 14.7 Å². The van der Waals surface area contributed by atoms with Gasteiger partial charge < -0.3 is 25.6 Å². The van der Waals surface area contributed by atoms with Crippen LogP contribution in [0.25, 0.3) is 11.6 Å². The number of hydrogen-bond acceptors (Lipinski definition) is 4. The fourth-order valence-electron chi connectivity index (χ4n) is 4.31. The molecule has 7 nitrogen and oxygen atoms in total. The molecular formula is C23H28N4O3. The summed E-state index contributed by atoms with van der Waals surface area (Å²) < 4.78 is 0. The molecule has 30 heavy (non-hydrogen) atoms. The van der Waals surface area contributed by atoms with Gasteiger partial charge in [-0.05, 0) is 57.5 Å². The molecule has 4 N–H and O–H groups in total. The second-order valence-electron chi connectivity index (χ2n) is 8.09. The number of β-amino-alcohol motifs (C(OH)–C–C–N with tert-alkyl or cyclic N) is 1. The van der Waals surface area contributed by atoms with Gasteiger partial charge in [-0.2, -0.15) is 0 Å². The second-order valence-corrected chi connectivity index (χ2v) is 8.09. The quantitative estimate of drug-likeness (QED) is 0.552. The number of likely N-dealkylation sites (tertiary alicyclic amines) is 1. The Kier molecular flexibility index (Phi) is 5.74. The summed E-state index contributed by atoms with van der Waals surface area (Å²) >= 11 is 0. The Balaban J connectivity index is 1.48.